The van der Waals surface area contributed by atoms with Crippen molar-refractivity contribution >= 4 is 59.3 Å². The molecule has 226 valence electrons. The van der Waals surface area contributed by atoms with Gasteiger partial charge in [0, 0.05) is 31.5 Å². The molecule has 0 N–H and O–H groups in total. The van der Waals surface area contributed by atoms with E-state index < -0.39 is 0 Å². The van der Waals surface area contributed by atoms with E-state index in [0.717, 1.165) is 11.4 Å². The largest absolute Gasteiger partial charge is 0.310 e. The molecule has 0 bridgehead atoms. The molecule has 9 rings (SSSR count). The maximum atomic E-state index is 2.42. The molecule has 0 amide bonds. The zero-order valence-corrected chi connectivity index (χ0v) is 27.1. The Labute approximate surface area is 284 Å². The van der Waals surface area contributed by atoms with E-state index in [4.69, 9.17) is 0 Å². The van der Waals surface area contributed by atoms with Gasteiger partial charge < -0.3 is 4.90 Å². The van der Waals surface area contributed by atoms with Crippen molar-refractivity contribution in [1.29, 1.82) is 0 Å². The molecule has 48 heavy (non-hydrogen) atoms. The van der Waals surface area contributed by atoms with Crippen molar-refractivity contribution in [3.05, 3.63) is 188 Å². The monoisotopic (exact) mass is 629 g/mol. The van der Waals surface area contributed by atoms with Crippen LogP contribution in [0.1, 0.15) is 0 Å². The van der Waals surface area contributed by atoms with Crippen LogP contribution in [0.3, 0.4) is 0 Å². The minimum Gasteiger partial charge on any atom is -0.310 e. The van der Waals surface area contributed by atoms with E-state index in [1.54, 1.807) is 0 Å². The first-order valence-electron chi connectivity index (χ1n) is 16.4. The van der Waals surface area contributed by atoms with Gasteiger partial charge in [-0.25, -0.2) is 0 Å². The predicted octanol–water partition coefficient (Wildman–Crippen LogP) is 13.7. The van der Waals surface area contributed by atoms with Crippen molar-refractivity contribution in [3.8, 4) is 33.4 Å². The lowest BCUT2D eigenvalue weighted by molar-refractivity contribution is 1.30. The number of benzene rings is 8. The van der Waals surface area contributed by atoms with Gasteiger partial charge in [0.25, 0.3) is 0 Å². The van der Waals surface area contributed by atoms with E-state index in [0.29, 0.717) is 0 Å². The molecule has 1 nitrogen and oxygen atoms in total. The van der Waals surface area contributed by atoms with E-state index >= 15 is 0 Å². The molecule has 0 spiro atoms. The van der Waals surface area contributed by atoms with Crippen LogP contribution in [0.5, 0.6) is 0 Å². The summed E-state index contributed by atoms with van der Waals surface area (Å²) in [7, 11) is 0. The minimum atomic E-state index is 1.12. The molecule has 0 aliphatic heterocycles. The Morgan fingerprint density at radius 2 is 0.917 bits per heavy atom. The van der Waals surface area contributed by atoms with Crippen LogP contribution in [-0.4, -0.2) is 0 Å². The summed E-state index contributed by atoms with van der Waals surface area (Å²) in [4.78, 5) is 2.42. The Balaban J connectivity index is 1.21. The number of anilines is 3. The van der Waals surface area contributed by atoms with Crippen molar-refractivity contribution in [2.24, 2.45) is 0 Å². The SMILES string of the molecule is c1ccc(-c2ccc(N(c3ccc(-c4ccc5ccccc5c4-c4ccccc4)cc3)c3cccc4sc5ccccc5c34)cc2)cc1. The van der Waals surface area contributed by atoms with Crippen LogP contribution >= 0.6 is 11.3 Å². The Morgan fingerprint density at radius 1 is 0.354 bits per heavy atom. The van der Waals surface area contributed by atoms with Crippen molar-refractivity contribution < 1.29 is 0 Å². The zero-order valence-electron chi connectivity index (χ0n) is 26.3. The normalized spacial score (nSPS) is 11.3. The summed E-state index contributed by atoms with van der Waals surface area (Å²) in [5.74, 6) is 0. The first-order valence-corrected chi connectivity index (χ1v) is 17.2. The van der Waals surface area contributed by atoms with Crippen LogP contribution in [-0.2, 0) is 0 Å². The third-order valence-corrected chi connectivity index (χ3v) is 10.4. The highest BCUT2D eigenvalue weighted by molar-refractivity contribution is 7.26. The summed E-state index contributed by atoms with van der Waals surface area (Å²) < 4.78 is 2.60. The third kappa shape index (κ3) is 4.95. The summed E-state index contributed by atoms with van der Waals surface area (Å²) in [6.45, 7) is 0. The van der Waals surface area contributed by atoms with Gasteiger partial charge in [0.2, 0.25) is 0 Å². The second-order valence-electron chi connectivity index (χ2n) is 12.1. The molecule has 0 atom stereocenters. The molecule has 2 heteroatoms. The summed E-state index contributed by atoms with van der Waals surface area (Å²) in [6.07, 6.45) is 0. The fraction of sp³-hybridized carbons (Fsp3) is 0. The van der Waals surface area contributed by atoms with Crippen LogP contribution in [0.25, 0.3) is 64.3 Å². The topological polar surface area (TPSA) is 3.24 Å². The molecule has 0 radical (unpaired) electrons. The second kappa shape index (κ2) is 12.0. The molecule has 1 aromatic heterocycles. The van der Waals surface area contributed by atoms with E-state index in [1.807, 2.05) is 11.3 Å². The second-order valence-corrected chi connectivity index (χ2v) is 13.2. The number of rotatable bonds is 6. The van der Waals surface area contributed by atoms with Crippen LogP contribution in [0.2, 0.25) is 0 Å². The summed E-state index contributed by atoms with van der Waals surface area (Å²) in [5.41, 5.74) is 10.8. The van der Waals surface area contributed by atoms with Crippen molar-refractivity contribution in [2.75, 3.05) is 4.90 Å². The Bertz CT molecular complexity index is 2530. The van der Waals surface area contributed by atoms with Crippen molar-refractivity contribution in [2.45, 2.75) is 0 Å². The maximum Gasteiger partial charge on any atom is 0.0554 e. The molecule has 8 aromatic carbocycles. The number of hydrogen-bond acceptors (Lipinski definition) is 2. The van der Waals surface area contributed by atoms with Crippen LogP contribution in [0.4, 0.5) is 17.1 Å². The molecule has 9 aromatic rings. The third-order valence-electron chi connectivity index (χ3n) is 9.28. The Kier molecular flexibility index (Phi) is 7.07. The molecule has 1 heterocycles. The fourth-order valence-electron chi connectivity index (χ4n) is 7.02. The molecule has 0 aliphatic carbocycles. The highest BCUT2D eigenvalue weighted by atomic mass is 32.1. The van der Waals surface area contributed by atoms with Gasteiger partial charge in [-0.1, -0.05) is 146 Å². The lowest BCUT2D eigenvalue weighted by Crippen LogP contribution is -2.10. The minimum absolute atomic E-state index is 1.12. The number of nitrogens with zero attached hydrogens (tertiary/aromatic N) is 1. The quantitative estimate of drug-likeness (QED) is 0.177. The fourth-order valence-corrected chi connectivity index (χ4v) is 8.15. The van der Waals surface area contributed by atoms with E-state index in [9.17, 15) is 0 Å². The summed E-state index contributed by atoms with van der Waals surface area (Å²) >= 11 is 1.86. The lowest BCUT2D eigenvalue weighted by Gasteiger charge is -2.27. The summed E-state index contributed by atoms with van der Waals surface area (Å²) in [6, 6.07) is 68.1. The zero-order chi connectivity index (χ0) is 31.9. The number of hydrogen-bond donors (Lipinski definition) is 0. The van der Waals surface area contributed by atoms with Gasteiger partial charge in [-0.05, 0) is 86.6 Å². The maximum absolute atomic E-state index is 2.42. The number of fused-ring (bicyclic) bond motifs is 4. The van der Waals surface area contributed by atoms with Crippen molar-refractivity contribution in [3.63, 3.8) is 0 Å². The van der Waals surface area contributed by atoms with E-state index in [-0.39, 0.29) is 0 Å². The number of thiophene rings is 1. The molecule has 0 saturated carbocycles. The average molecular weight is 630 g/mol. The Hall–Kier alpha value is -5.96. The van der Waals surface area contributed by atoms with Gasteiger partial charge >= 0.3 is 0 Å². The van der Waals surface area contributed by atoms with Gasteiger partial charge in [0.1, 0.15) is 0 Å². The van der Waals surface area contributed by atoms with Crippen molar-refractivity contribution in [1.82, 2.24) is 0 Å². The molecular weight excluding hydrogens is 599 g/mol. The van der Waals surface area contributed by atoms with Crippen LogP contribution < -0.4 is 4.90 Å². The molecule has 0 unspecified atom stereocenters. The van der Waals surface area contributed by atoms with E-state index in [2.05, 4.69) is 193 Å². The molecule has 0 aliphatic rings. The first kappa shape index (κ1) is 28.3. The van der Waals surface area contributed by atoms with Crippen LogP contribution in [0.15, 0.2) is 188 Å². The van der Waals surface area contributed by atoms with Gasteiger partial charge in [-0.15, -0.1) is 11.3 Å². The highest BCUT2D eigenvalue weighted by Gasteiger charge is 2.19. The molecule has 0 fully saturated rings. The van der Waals surface area contributed by atoms with Crippen LogP contribution in [0, 0.1) is 0 Å². The summed E-state index contributed by atoms with van der Waals surface area (Å²) in [5, 5.41) is 5.09. The first-order chi connectivity index (χ1) is 23.8. The Morgan fingerprint density at radius 3 is 1.65 bits per heavy atom. The average Bonchev–Trinajstić information content (AvgIpc) is 3.55. The molecular formula is C46H31NS. The van der Waals surface area contributed by atoms with Gasteiger partial charge in [0.15, 0.2) is 0 Å². The standard InChI is InChI=1S/C46H31NS/c1-3-12-32(13-4-1)33-22-27-37(28-23-33)47(42-19-11-21-44-46(42)41-18-9-10-20-43(41)48-44)38-29-24-35(25-30-38)40-31-26-34-14-7-8-17-39(34)45(40)36-15-5-2-6-16-36/h1-31H. The predicted molar refractivity (Wildman–Crippen MR) is 208 cm³/mol. The van der Waals surface area contributed by atoms with Gasteiger partial charge in [-0.2, -0.15) is 0 Å². The smallest absolute Gasteiger partial charge is 0.0554 e. The van der Waals surface area contributed by atoms with Gasteiger partial charge in [0.05, 0.1) is 5.69 Å². The van der Waals surface area contributed by atoms with Gasteiger partial charge in [-0.3, -0.25) is 0 Å². The lowest BCUT2D eigenvalue weighted by atomic mass is 9.90. The molecule has 0 saturated heterocycles. The van der Waals surface area contributed by atoms with E-state index in [1.165, 1.54) is 70.0 Å². The highest BCUT2D eigenvalue weighted by Crippen LogP contribution is 2.46.